The highest BCUT2D eigenvalue weighted by atomic mass is 19.1. The lowest BCUT2D eigenvalue weighted by molar-refractivity contribution is 0.181. The number of hydrogen-bond donors (Lipinski definition) is 3. The van der Waals surface area contributed by atoms with E-state index in [1.807, 2.05) is 48.5 Å². The number of halogens is 1. The average Bonchev–Trinajstić information content (AvgIpc) is 3.25. The van der Waals surface area contributed by atoms with E-state index in [-0.39, 0.29) is 24.8 Å². The van der Waals surface area contributed by atoms with Crippen LogP contribution in [0.4, 0.5) is 9.18 Å². The lowest BCUT2D eigenvalue weighted by Crippen LogP contribution is -2.49. The number of aromatic amines is 1. The van der Waals surface area contributed by atoms with Crippen molar-refractivity contribution in [3.05, 3.63) is 59.9 Å². The number of hydrogen-bond acceptors (Lipinski definition) is 4. The summed E-state index contributed by atoms with van der Waals surface area (Å²) in [7, 11) is 1.64. The zero-order valence-electron chi connectivity index (χ0n) is 18.3. The first-order chi connectivity index (χ1) is 15.6. The maximum Gasteiger partial charge on any atom is 0.315 e. The quantitative estimate of drug-likeness (QED) is 0.501. The second kappa shape index (κ2) is 10.5. The van der Waals surface area contributed by atoms with Crippen molar-refractivity contribution in [2.75, 3.05) is 33.4 Å². The number of amides is 2. The molecule has 32 heavy (non-hydrogen) atoms. The summed E-state index contributed by atoms with van der Waals surface area (Å²) in [6.45, 7) is 1.74. The molecule has 1 aliphatic heterocycles. The molecule has 0 aliphatic carbocycles. The third-order valence-electron chi connectivity index (χ3n) is 5.97. The maximum atomic E-state index is 12.9. The molecule has 7 nitrogen and oxygen atoms in total. The summed E-state index contributed by atoms with van der Waals surface area (Å²) in [5, 5.41) is 6.19. The number of nitrogens with zero attached hydrogens (tertiary/aromatic N) is 2. The number of ether oxygens (including phenoxy) is 1. The molecule has 1 aromatic heterocycles. The van der Waals surface area contributed by atoms with E-state index in [1.165, 1.54) is 0 Å². The predicted octanol–water partition coefficient (Wildman–Crippen LogP) is 3.59. The zero-order chi connectivity index (χ0) is 22.3. The Morgan fingerprint density at radius 2 is 1.97 bits per heavy atom. The van der Waals surface area contributed by atoms with Crippen LogP contribution in [-0.2, 0) is 6.42 Å². The molecule has 0 radical (unpaired) electrons. The van der Waals surface area contributed by atoms with Gasteiger partial charge in [-0.3, -0.25) is 0 Å². The highest BCUT2D eigenvalue weighted by Crippen LogP contribution is 2.21. The van der Waals surface area contributed by atoms with Gasteiger partial charge in [0.2, 0.25) is 0 Å². The third kappa shape index (κ3) is 5.56. The molecule has 8 heteroatoms. The van der Waals surface area contributed by atoms with Crippen LogP contribution in [0, 0.1) is 0 Å². The van der Waals surface area contributed by atoms with Crippen LogP contribution < -0.4 is 15.4 Å². The van der Waals surface area contributed by atoms with Crippen LogP contribution in [0.15, 0.2) is 48.5 Å². The van der Waals surface area contributed by atoms with E-state index in [4.69, 9.17) is 9.72 Å². The number of carbonyl (C=O) groups excluding carboxylic acids is 1. The highest BCUT2D eigenvalue weighted by Gasteiger charge is 2.23. The van der Waals surface area contributed by atoms with Gasteiger partial charge >= 0.3 is 6.03 Å². The summed E-state index contributed by atoms with van der Waals surface area (Å²) in [6, 6.07) is 15.2. The van der Waals surface area contributed by atoms with Crippen molar-refractivity contribution in [3.8, 4) is 5.75 Å². The van der Waals surface area contributed by atoms with Crippen molar-refractivity contribution < 1.29 is 13.9 Å². The molecule has 170 valence electrons. The van der Waals surface area contributed by atoms with Crippen molar-refractivity contribution >= 4 is 17.1 Å². The van der Waals surface area contributed by atoms with E-state index >= 15 is 0 Å². The van der Waals surface area contributed by atoms with Crippen LogP contribution in [0.2, 0.25) is 0 Å². The second-order valence-electron chi connectivity index (χ2n) is 8.17. The molecule has 1 atom stereocenters. The summed E-state index contributed by atoms with van der Waals surface area (Å²) < 4.78 is 17.8. The molecule has 2 heterocycles. The lowest BCUT2D eigenvalue weighted by atomic mass is 10.0. The summed E-state index contributed by atoms with van der Waals surface area (Å²) in [5.41, 5.74) is 2.87. The number of aromatic nitrogens is 2. The Bertz CT molecular complexity index is 982. The molecule has 2 amide bonds. The number of H-pyrrole nitrogens is 1. The Kier molecular flexibility index (Phi) is 7.21. The van der Waals surface area contributed by atoms with Crippen molar-refractivity contribution in [2.45, 2.75) is 31.3 Å². The van der Waals surface area contributed by atoms with Gasteiger partial charge in [0.1, 0.15) is 18.2 Å². The summed E-state index contributed by atoms with van der Waals surface area (Å²) in [5.74, 6) is 1.51. The zero-order valence-corrected chi connectivity index (χ0v) is 18.3. The van der Waals surface area contributed by atoms with Gasteiger partial charge in [-0.15, -0.1) is 0 Å². The molecular formula is C24H30FN5O2. The Labute approximate surface area is 187 Å². The van der Waals surface area contributed by atoms with Crippen LogP contribution in [-0.4, -0.2) is 60.4 Å². The van der Waals surface area contributed by atoms with Crippen LogP contribution in [0.1, 0.15) is 30.3 Å². The van der Waals surface area contributed by atoms with E-state index in [1.54, 1.807) is 7.11 Å². The van der Waals surface area contributed by atoms with Gasteiger partial charge in [0.15, 0.2) is 0 Å². The molecule has 2 aromatic carbocycles. The van der Waals surface area contributed by atoms with Crippen LogP contribution >= 0.6 is 0 Å². The van der Waals surface area contributed by atoms with Gasteiger partial charge in [-0.2, -0.15) is 0 Å². The highest BCUT2D eigenvalue weighted by molar-refractivity contribution is 5.76. The molecule has 3 aromatic rings. The fraction of sp³-hybridized carbons (Fsp3) is 0.417. The Hall–Kier alpha value is -3.13. The van der Waals surface area contributed by atoms with E-state index in [0.29, 0.717) is 13.0 Å². The maximum absolute atomic E-state index is 12.9. The molecule has 1 fully saturated rings. The summed E-state index contributed by atoms with van der Waals surface area (Å²) >= 11 is 0. The van der Waals surface area contributed by atoms with E-state index in [9.17, 15) is 9.18 Å². The van der Waals surface area contributed by atoms with Gasteiger partial charge in [-0.05, 0) is 49.1 Å². The minimum absolute atomic E-state index is 0.0863. The van der Waals surface area contributed by atoms with Crippen LogP contribution in [0.25, 0.3) is 11.0 Å². The number of carbonyl (C=O) groups is 1. The number of fused-ring (bicyclic) bond motifs is 1. The van der Waals surface area contributed by atoms with E-state index < -0.39 is 0 Å². The normalized spacial score (nSPS) is 16.1. The van der Waals surface area contributed by atoms with Gasteiger partial charge < -0.3 is 25.3 Å². The Morgan fingerprint density at radius 1 is 1.22 bits per heavy atom. The number of piperidine rings is 1. The molecule has 0 spiro atoms. The molecule has 0 bridgehead atoms. The average molecular weight is 440 g/mol. The third-order valence-corrected chi connectivity index (χ3v) is 5.97. The number of benzene rings is 2. The molecule has 0 unspecified atom stereocenters. The fourth-order valence-electron chi connectivity index (χ4n) is 4.16. The minimum atomic E-state index is -0.330. The van der Waals surface area contributed by atoms with Crippen molar-refractivity contribution in [1.82, 2.24) is 25.5 Å². The van der Waals surface area contributed by atoms with Crippen molar-refractivity contribution in [2.24, 2.45) is 0 Å². The first-order valence-corrected chi connectivity index (χ1v) is 11.1. The van der Waals surface area contributed by atoms with Gasteiger partial charge in [0.25, 0.3) is 0 Å². The van der Waals surface area contributed by atoms with Crippen molar-refractivity contribution in [1.29, 1.82) is 0 Å². The smallest absolute Gasteiger partial charge is 0.315 e. The number of para-hydroxylation sites is 2. The van der Waals surface area contributed by atoms with Crippen LogP contribution in [0.3, 0.4) is 0 Å². The second-order valence-corrected chi connectivity index (χ2v) is 8.17. The largest absolute Gasteiger partial charge is 0.497 e. The number of likely N-dealkylation sites (tertiary alicyclic amines) is 1. The number of urea groups is 1. The van der Waals surface area contributed by atoms with Gasteiger partial charge in [-0.25, -0.2) is 14.2 Å². The number of imidazole rings is 1. The predicted molar refractivity (Wildman–Crippen MR) is 123 cm³/mol. The van der Waals surface area contributed by atoms with E-state index in [0.717, 1.165) is 54.1 Å². The Balaban J connectivity index is 1.45. The van der Waals surface area contributed by atoms with Crippen LogP contribution in [0.5, 0.6) is 5.75 Å². The molecule has 3 N–H and O–H groups in total. The topological polar surface area (TPSA) is 82.3 Å². The van der Waals surface area contributed by atoms with Gasteiger partial charge in [0.05, 0.1) is 24.2 Å². The minimum Gasteiger partial charge on any atom is -0.497 e. The van der Waals surface area contributed by atoms with Crippen molar-refractivity contribution in [3.63, 3.8) is 0 Å². The molecule has 1 aliphatic rings. The molecule has 1 saturated heterocycles. The first kappa shape index (κ1) is 22.1. The Morgan fingerprint density at radius 3 is 2.66 bits per heavy atom. The fourth-order valence-corrected chi connectivity index (χ4v) is 4.16. The number of methoxy groups -OCH3 is 1. The van der Waals surface area contributed by atoms with Gasteiger partial charge in [-0.1, -0.05) is 24.3 Å². The number of alkyl halides is 1. The summed E-state index contributed by atoms with van der Waals surface area (Å²) in [6.07, 6.45) is 2.23. The number of rotatable bonds is 8. The standard InChI is InChI=1S/C24H30FN5O2/c1-32-19-8-6-17(7-9-19)16-22(23-27-20-4-2-3-5-21(20)28-23)29-24(31)26-18-10-13-30(14-11-18)15-12-25/h2-9,18,22H,10-16H2,1H3,(H,27,28)(H2,26,29,31)/t22-/m1/s1. The molecule has 4 rings (SSSR count). The SMILES string of the molecule is COc1ccc(C[C@@H](NC(=O)NC2CCN(CCF)CC2)c2nc3ccccc3[nH]2)cc1. The summed E-state index contributed by atoms with van der Waals surface area (Å²) in [4.78, 5) is 23.0. The molecular weight excluding hydrogens is 409 g/mol. The monoisotopic (exact) mass is 439 g/mol. The van der Waals surface area contributed by atoms with Gasteiger partial charge in [0, 0.05) is 25.7 Å². The lowest BCUT2D eigenvalue weighted by Gasteiger charge is -2.32. The first-order valence-electron chi connectivity index (χ1n) is 11.1. The van der Waals surface area contributed by atoms with E-state index in [2.05, 4.69) is 20.5 Å². The molecule has 0 saturated carbocycles. The number of nitrogens with one attached hydrogen (secondary N) is 3.